The molecule has 0 fully saturated rings. The maximum absolute atomic E-state index is 9.37. The lowest BCUT2D eigenvalue weighted by atomic mass is 9.83. The summed E-state index contributed by atoms with van der Waals surface area (Å²) in [6, 6.07) is 5.71. The van der Waals surface area contributed by atoms with E-state index in [4.69, 9.17) is 5.73 Å². The first-order valence-electron chi connectivity index (χ1n) is 4.60. The number of phenols is 1. The van der Waals surface area contributed by atoms with E-state index in [1.165, 1.54) is 11.1 Å². The van der Waals surface area contributed by atoms with Crippen LogP contribution in [0.15, 0.2) is 18.2 Å². The highest BCUT2D eigenvalue weighted by atomic mass is 16.3. The number of hydrogen-bond acceptors (Lipinski definition) is 2. The minimum absolute atomic E-state index is 0.00588. The average Bonchev–Trinajstić information content (AvgIpc) is 2.27. The Morgan fingerprint density at radius 1 is 1.46 bits per heavy atom. The van der Waals surface area contributed by atoms with Gasteiger partial charge in [-0.05, 0) is 29.7 Å². The molecule has 0 saturated heterocycles. The zero-order valence-electron chi connectivity index (χ0n) is 8.04. The van der Waals surface area contributed by atoms with Gasteiger partial charge in [-0.15, -0.1) is 0 Å². The Bertz CT molecular complexity index is 344. The number of nitrogens with two attached hydrogens (primary N) is 1. The second-order valence-electron chi connectivity index (χ2n) is 4.37. The van der Waals surface area contributed by atoms with Gasteiger partial charge < -0.3 is 10.8 Å². The predicted molar refractivity (Wildman–Crippen MR) is 52.8 cm³/mol. The van der Waals surface area contributed by atoms with Crippen molar-refractivity contribution in [1.82, 2.24) is 0 Å². The molecule has 70 valence electrons. The Morgan fingerprint density at radius 2 is 2.15 bits per heavy atom. The van der Waals surface area contributed by atoms with Gasteiger partial charge in [-0.3, -0.25) is 0 Å². The van der Waals surface area contributed by atoms with Crippen molar-refractivity contribution < 1.29 is 5.11 Å². The van der Waals surface area contributed by atoms with E-state index < -0.39 is 0 Å². The zero-order chi connectivity index (χ0) is 9.64. The minimum Gasteiger partial charge on any atom is -0.508 e. The summed E-state index contributed by atoms with van der Waals surface area (Å²) in [6.45, 7) is 4.26. The van der Waals surface area contributed by atoms with Crippen molar-refractivity contribution in [2.75, 3.05) is 0 Å². The van der Waals surface area contributed by atoms with Gasteiger partial charge in [0.2, 0.25) is 0 Å². The number of hydrogen-bond donors (Lipinski definition) is 2. The van der Waals surface area contributed by atoms with Crippen molar-refractivity contribution >= 4 is 0 Å². The molecule has 0 radical (unpaired) electrons. The number of aromatic hydroxyl groups is 1. The van der Waals surface area contributed by atoms with Crippen molar-refractivity contribution in [3.63, 3.8) is 0 Å². The van der Waals surface area contributed by atoms with Gasteiger partial charge in [0.05, 0.1) is 0 Å². The first-order valence-corrected chi connectivity index (χ1v) is 4.60. The Hall–Kier alpha value is -1.02. The summed E-state index contributed by atoms with van der Waals surface area (Å²) < 4.78 is 0. The second-order valence-corrected chi connectivity index (χ2v) is 4.37. The summed E-state index contributed by atoms with van der Waals surface area (Å²) in [5, 5.41) is 9.37. The van der Waals surface area contributed by atoms with Gasteiger partial charge in [0.25, 0.3) is 0 Å². The van der Waals surface area contributed by atoms with Crippen LogP contribution in [0.2, 0.25) is 0 Å². The van der Waals surface area contributed by atoms with Crippen LogP contribution in [-0.4, -0.2) is 11.1 Å². The van der Waals surface area contributed by atoms with E-state index in [0.717, 1.165) is 6.42 Å². The zero-order valence-corrected chi connectivity index (χ0v) is 8.04. The Kier molecular flexibility index (Phi) is 1.64. The van der Waals surface area contributed by atoms with Crippen LogP contribution < -0.4 is 5.73 Å². The fraction of sp³-hybridized carbons (Fsp3) is 0.455. The molecule has 2 rings (SSSR count). The molecule has 0 aliphatic heterocycles. The molecule has 2 heteroatoms. The van der Waals surface area contributed by atoms with Crippen LogP contribution in [0.3, 0.4) is 0 Å². The monoisotopic (exact) mass is 177 g/mol. The molecule has 1 aromatic rings. The van der Waals surface area contributed by atoms with Gasteiger partial charge in [0.1, 0.15) is 5.75 Å². The van der Waals surface area contributed by atoms with Crippen LogP contribution >= 0.6 is 0 Å². The molecule has 1 aliphatic carbocycles. The van der Waals surface area contributed by atoms with Crippen molar-refractivity contribution in [3.8, 4) is 5.75 Å². The van der Waals surface area contributed by atoms with Crippen molar-refractivity contribution in [2.45, 2.75) is 31.7 Å². The van der Waals surface area contributed by atoms with Crippen LogP contribution in [0.4, 0.5) is 0 Å². The molecule has 0 amide bonds. The fourth-order valence-corrected chi connectivity index (χ4v) is 2.03. The van der Waals surface area contributed by atoms with E-state index in [1.807, 2.05) is 12.1 Å². The highest BCUT2D eigenvalue weighted by Gasteiger charge is 2.36. The molecule has 0 aromatic heterocycles. The number of fused-ring (bicyclic) bond motifs is 1. The van der Waals surface area contributed by atoms with Crippen LogP contribution in [0.1, 0.15) is 25.0 Å². The van der Waals surface area contributed by atoms with Crippen molar-refractivity contribution in [3.05, 3.63) is 29.3 Å². The maximum Gasteiger partial charge on any atom is 0.115 e. The summed E-state index contributed by atoms with van der Waals surface area (Å²) in [5.74, 6) is 0.334. The number of rotatable bonds is 0. The molecule has 3 N–H and O–H groups in total. The first kappa shape index (κ1) is 8.57. The molecule has 1 aliphatic rings. The highest BCUT2D eigenvalue weighted by molar-refractivity contribution is 5.45. The lowest BCUT2D eigenvalue weighted by Crippen LogP contribution is -2.36. The smallest absolute Gasteiger partial charge is 0.115 e. The van der Waals surface area contributed by atoms with E-state index in [1.54, 1.807) is 6.07 Å². The molecule has 0 heterocycles. The van der Waals surface area contributed by atoms with E-state index in [9.17, 15) is 5.11 Å². The standard InChI is InChI=1S/C11H15NO/c1-11(2)9-6-8(13)4-3-7(9)5-10(11)12/h3-4,6,10,13H,5,12H2,1-2H3. The van der Waals surface area contributed by atoms with Crippen LogP contribution in [-0.2, 0) is 11.8 Å². The maximum atomic E-state index is 9.37. The van der Waals surface area contributed by atoms with E-state index in [2.05, 4.69) is 13.8 Å². The van der Waals surface area contributed by atoms with Gasteiger partial charge >= 0.3 is 0 Å². The third-order valence-corrected chi connectivity index (χ3v) is 3.15. The largest absolute Gasteiger partial charge is 0.508 e. The lowest BCUT2D eigenvalue weighted by Gasteiger charge is -2.24. The van der Waals surface area contributed by atoms with Crippen LogP contribution in [0.5, 0.6) is 5.75 Å². The van der Waals surface area contributed by atoms with Gasteiger partial charge in [0.15, 0.2) is 0 Å². The lowest BCUT2D eigenvalue weighted by molar-refractivity contribution is 0.439. The van der Waals surface area contributed by atoms with E-state index >= 15 is 0 Å². The number of phenolic OH excluding ortho intramolecular Hbond substituents is 1. The molecule has 13 heavy (non-hydrogen) atoms. The Labute approximate surface area is 78.4 Å². The van der Waals surface area contributed by atoms with Gasteiger partial charge in [-0.1, -0.05) is 19.9 Å². The quantitative estimate of drug-likeness (QED) is 0.631. The molecular formula is C11H15NO. The minimum atomic E-state index is -0.00588. The third kappa shape index (κ3) is 1.13. The average molecular weight is 177 g/mol. The first-order chi connectivity index (χ1) is 6.01. The molecule has 1 unspecified atom stereocenters. The normalized spacial score (nSPS) is 24.4. The topological polar surface area (TPSA) is 46.2 Å². The van der Waals surface area contributed by atoms with Crippen LogP contribution in [0.25, 0.3) is 0 Å². The molecule has 0 spiro atoms. The summed E-state index contributed by atoms with van der Waals surface area (Å²) in [7, 11) is 0. The SMILES string of the molecule is CC1(C)c2cc(O)ccc2CC1N. The molecule has 1 atom stereocenters. The van der Waals surface area contributed by atoms with Crippen molar-refractivity contribution in [1.29, 1.82) is 0 Å². The molecule has 2 nitrogen and oxygen atoms in total. The molecule has 1 aromatic carbocycles. The van der Waals surface area contributed by atoms with Crippen LogP contribution in [0, 0.1) is 0 Å². The van der Waals surface area contributed by atoms with Crippen molar-refractivity contribution in [2.24, 2.45) is 5.73 Å². The van der Waals surface area contributed by atoms with E-state index in [-0.39, 0.29) is 11.5 Å². The van der Waals surface area contributed by atoms with E-state index in [0.29, 0.717) is 5.75 Å². The highest BCUT2D eigenvalue weighted by Crippen LogP contribution is 2.38. The van der Waals surface area contributed by atoms with Gasteiger partial charge in [-0.2, -0.15) is 0 Å². The molecular weight excluding hydrogens is 162 g/mol. The van der Waals surface area contributed by atoms with Gasteiger partial charge in [0, 0.05) is 11.5 Å². The molecule has 0 saturated carbocycles. The Morgan fingerprint density at radius 3 is 2.85 bits per heavy atom. The summed E-state index contributed by atoms with van der Waals surface area (Å²) in [6.07, 6.45) is 0.919. The Balaban J connectivity index is 2.57. The molecule has 0 bridgehead atoms. The summed E-state index contributed by atoms with van der Waals surface area (Å²) in [4.78, 5) is 0. The summed E-state index contributed by atoms with van der Waals surface area (Å²) in [5.41, 5.74) is 8.49. The predicted octanol–water partition coefficient (Wildman–Crippen LogP) is 1.55. The summed E-state index contributed by atoms with van der Waals surface area (Å²) >= 11 is 0. The number of benzene rings is 1. The second kappa shape index (κ2) is 2.48. The van der Waals surface area contributed by atoms with Gasteiger partial charge in [-0.25, -0.2) is 0 Å². The fourth-order valence-electron chi connectivity index (χ4n) is 2.03. The third-order valence-electron chi connectivity index (χ3n) is 3.15.